The van der Waals surface area contributed by atoms with Gasteiger partial charge in [0.25, 0.3) is 0 Å². The molecule has 1 rings (SSSR count). The van der Waals surface area contributed by atoms with Crippen molar-refractivity contribution in [1.29, 1.82) is 0 Å². The number of nitrogens with one attached hydrogen (secondary N) is 1. The monoisotopic (exact) mass is 140 g/mol. The fraction of sp³-hybridized carbons (Fsp3) is 0.333. The molecule has 4 nitrogen and oxygen atoms in total. The Bertz CT molecular complexity index is 309. The second kappa shape index (κ2) is 2.22. The average molecular weight is 140 g/mol. The molecule has 0 aliphatic carbocycles. The summed E-state index contributed by atoms with van der Waals surface area (Å²) >= 11 is 0. The molecule has 3 N–H and O–H groups in total. The Labute approximate surface area is 57.4 Å². The van der Waals surface area contributed by atoms with Gasteiger partial charge in [-0.25, -0.2) is 0 Å². The Balaban J connectivity index is 2.99. The molecule has 0 unspecified atom stereocenters. The van der Waals surface area contributed by atoms with Crippen molar-refractivity contribution in [1.82, 2.24) is 5.32 Å². The Morgan fingerprint density at radius 1 is 1.40 bits per heavy atom. The van der Waals surface area contributed by atoms with Crippen LogP contribution >= 0.6 is 0 Å². The van der Waals surface area contributed by atoms with Crippen LogP contribution in [0.5, 0.6) is 0 Å². The third-order valence-corrected chi connectivity index (χ3v) is 1.40. The zero-order chi connectivity index (χ0) is 7.72. The smallest absolute Gasteiger partial charge is 0.249 e. The molecular formula is C6H8N2O2. The summed E-state index contributed by atoms with van der Waals surface area (Å²) in [5.74, 6) is 0. The van der Waals surface area contributed by atoms with Crippen LogP contribution in [-0.2, 0) is 6.54 Å². The largest absolute Gasteiger partial charge is 0.395 e. The van der Waals surface area contributed by atoms with Gasteiger partial charge in [0.05, 0.1) is 5.69 Å². The van der Waals surface area contributed by atoms with E-state index in [-0.39, 0.29) is 5.69 Å². The minimum absolute atomic E-state index is 0.111. The minimum Gasteiger partial charge on any atom is -0.395 e. The van der Waals surface area contributed by atoms with Gasteiger partial charge in [0.2, 0.25) is 10.9 Å². The SMILES string of the molecule is CNCc1c(N)c(=O)c1=O. The molecule has 0 aliphatic rings. The third kappa shape index (κ3) is 0.733. The van der Waals surface area contributed by atoms with E-state index in [0.29, 0.717) is 12.1 Å². The second-order valence-corrected chi connectivity index (χ2v) is 2.08. The first-order chi connectivity index (χ1) is 4.68. The van der Waals surface area contributed by atoms with Crippen LogP contribution in [0.1, 0.15) is 5.56 Å². The van der Waals surface area contributed by atoms with E-state index in [1.165, 1.54) is 0 Å². The molecule has 0 radical (unpaired) electrons. The molecule has 0 bridgehead atoms. The molecule has 10 heavy (non-hydrogen) atoms. The number of rotatable bonds is 2. The number of nitrogens with two attached hydrogens (primary N) is 1. The van der Waals surface area contributed by atoms with Gasteiger partial charge >= 0.3 is 0 Å². The lowest BCUT2D eigenvalue weighted by atomic mass is 10.1. The fourth-order valence-electron chi connectivity index (χ4n) is 0.808. The van der Waals surface area contributed by atoms with Gasteiger partial charge in [0.15, 0.2) is 0 Å². The Morgan fingerprint density at radius 2 is 2.00 bits per heavy atom. The van der Waals surface area contributed by atoms with E-state index in [9.17, 15) is 9.59 Å². The lowest BCUT2D eigenvalue weighted by molar-refractivity contribution is 0.806. The molecule has 0 aromatic heterocycles. The van der Waals surface area contributed by atoms with Crippen molar-refractivity contribution in [3.05, 3.63) is 26.0 Å². The first kappa shape index (κ1) is 6.95. The van der Waals surface area contributed by atoms with Crippen molar-refractivity contribution < 1.29 is 0 Å². The van der Waals surface area contributed by atoms with Crippen LogP contribution in [-0.4, -0.2) is 7.05 Å². The van der Waals surface area contributed by atoms with Gasteiger partial charge in [-0.2, -0.15) is 0 Å². The third-order valence-electron chi connectivity index (χ3n) is 1.40. The molecule has 0 amide bonds. The molecule has 4 heteroatoms. The predicted molar refractivity (Wildman–Crippen MR) is 38.5 cm³/mol. The summed E-state index contributed by atoms with van der Waals surface area (Å²) < 4.78 is 0. The van der Waals surface area contributed by atoms with Crippen molar-refractivity contribution in [3.63, 3.8) is 0 Å². The van der Waals surface area contributed by atoms with Gasteiger partial charge < -0.3 is 11.1 Å². The molecule has 1 aromatic rings. The van der Waals surface area contributed by atoms with Gasteiger partial charge in [0, 0.05) is 12.1 Å². The maximum absolute atomic E-state index is 10.6. The van der Waals surface area contributed by atoms with Crippen LogP contribution in [0, 0.1) is 0 Å². The maximum atomic E-state index is 10.6. The quantitative estimate of drug-likeness (QED) is 0.495. The standard InChI is InChI=1S/C6H8N2O2/c1-8-2-3-4(7)6(10)5(3)9/h8H,2,7H2,1H3. The maximum Gasteiger partial charge on any atom is 0.249 e. The highest BCUT2D eigenvalue weighted by Crippen LogP contribution is 1.99. The molecule has 0 saturated carbocycles. The predicted octanol–water partition coefficient (Wildman–Crippen LogP) is -1.42. The van der Waals surface area contributed by atoms with Crippen LogP contribution in [0.2, 0.25) is 0 Å². The van der Waals surface area contributed by atoms with Crippen LogP contribution in [0.4, 0.5) is 5.69 Å². The molecule has 54 valence electrons. The van der Waals surface area contributed by atoms with E-state index >= 15 is 0 Å². The van der Waals surface area contributed by atoms with E-state index in [1.54, 1.807) is 7.05 Å². The number of nitrogen functional groups attached to an aromatic ring is 1. The van der Waals surface area contributed by atoms with Gasteiger partial charge in [-0.3, -0.25) is 9.59 Å². The number of hydrogen-bond acceptors (Lipinski definition) is 4. The van der Waals surface area contributed by atoms with E-state index in [1.807, 2.05) is 0 Å². The summed E-state index contributed by atoms with van der Waals surface area (Å²) in [4.78, 5) is 21.1. The van der Waals surface area contributed by atoms with E-state index in [2.05, 4.69) is 5.32 Å². The molecule has 0 heterocycles. The molecule has 0 saturated heterocycles. The Hall–Kier alpha value is -1.16. The Morgan fingerprint density at radius 3 is 2.40 bits per heavy atom. The van der Waals surface area contributed by atoms with Gasteiger partial charge in [-0.05, 0) is 7.05 Å². The van der Waals surface area contributed by atoms with E-state index in [4.69, 9.17) is 5.73 Å². The normalized spacial score (nSPS) is 10.5. The van der Waals surface area contributed by atoms with Crippen LogP contribution in [0.3, 0.4) is 0 Å². The number of hydrogen-bond donors (Lipinski definition) is 2. The summed E-state index contributed by atoms with van der Waals surface area (Å²) in [6, 6.07) is 0. The number of anilines is 1. The van der Waals surface area contributed by atoms with Crippen molar-refractivity contribution in [3.8, 4) is 0 Å². The van der Waals surface area contributed by atoms with E-state index < -0.39 is 10.9 Å². The van der Waals surface area contributed by atoms with Crippen molar-refractivity contribution >= 4 is 5.69 Å². The fourth-order valence-corrected chi connectivity index (χ4v) is 0.808. The zero-order valence-electron chi connectivity index (χ0n) is 5.60. The van der Waals surface area contributed by atoms with Crippen molar-refractivity contribution in [2.45, 2.75) is 6.54 Å². The highest BCUT2D eigenvalue weighted by atomic mass is 16.2. The lowest BCUT2D eigenvalue weighted by Crippen LogP contribution is -2.39. The molecule has 0 spiro atoms. The summed E-state index contributed by atoms with van der Waals surface area (Å²) in [6.45, 7) is 0.385. The van der Waals surface area contributed by atoms with Crippen LogP contribution in [0.15, 0.2) is 9.59 Å². The molecular weight excluding hydrogens is 132 g/mol. The van der Waals surface area contributed by atoms with Crippen molar-refractivity contribution in [2.24, 2.45) is 0 Å². The highest BCUT2D eigenvalue weighted by Gasteiger charge is 2.15. The topological polar surface area (TPSA) is 72.2 Å². The van der Waals surface area contributed by atoms with Crippen LogP contribution < -0.4 is 21.9 Å². The second-order valence-electron chi connectivity index (χ2n) is 2.08. The van der Waals surface area contributed by atoms with Gasteiger partial charge in [0.1, 0.15) is 0 Å². The average Bonchev–Trinajstić information content (AvgIpc) is 1.98. The van der Waals surface area contributed by atoms with Crippen molar-refractivity contribution in [2.75, 3.05) is 12.8 Å². The lowest BCUT2D eigenvalue weighted by Gasteiger charge is -2.03. The van der Waals surface area contributed by atoms with E-state index in [0.717, 1.165) is 0 Å². The molecule has 1 aromatic carbocycles. The zero-order valence-corrected chi connectivity index (χ0v) is 5.60. The van der Waals surface area contributed by atoms with Gasteiger partial charge in [-0.15, -0.1) is 0 Å². The van der Waals surface area contributed by atoms with Crippen LogP contribution in [0.25, 0.3) is 0 Å². The molecule has 0 aliphatic heterocycles. The molecule has 0 fully saturated rings. The first-order valence-corrected chi connectivity index (χ1v) is 2.90. The molecule has 0 atom stereocenters. The summed E-state index contributed by atoms with van der Waals surface area (Å²) in [6.07, 6.45) is 0. The summed E-state index contributed by atoms with van der Waals surface area (Å²) in [5, 5.41) is 2.74. The van der Waals surface area contributed by atoms with Gasteiger partial charge in [-0.1, -0.05) is 0 Å². The Kier molecular flexibility index (Phi) is 1.55. The first-order valence-electron chi connectivity index (χ1n) is 2.90. The summed E-state index contributed by atoms with van der Waals surface area (Å²) in [7, 11) is 1.69. The summed E-state index contributed by atoms with van der Waals surface area (Å²) in [5.41, 5.74) is 4.73. The minimum atomic E-state index is -0.551. The highest BCUT2D eigenvalue weighted by molar-refractivity contribution is 5.51.